The Morgan fingerprint density at radius 2 is 2.05 bits per heavy atom. The van der Waals surface area contributed by atoms with E-state index in [2.05, 4.69) is 15.5 Å². The zero-order valence-corrected chi connectivity index (χ0v) is 12.5. The van der Waals surface area contributed by atoms with Gasteiger partial charge in [0.15, 0.2) is 5.82 Å². The van der Waals surface area contributed by atoms with Gasteiger partial charge >= 0.3 is 6.01 Å². The Balaban J connectivity index is 1.96. The quantitative estimate of drug-likeness (QED) is 0.817. The van der Waals surface area contributed by atoms with Crippen molar-refractivity contribution < 1.29 is 13.7 Å². The number of benzene rings is 1. The minimum atomic E-state index is -0.458. The largest absolute Gasteiger partial charge is 0.369 e. The molecule has 0 saturated heterocycles. The summed E-state index contributed by atoms with van der Waals surface area (Å²) in [4.78, 5) is 15.7. The van der Waals surface area contributed by atoms with Crippen LogP contribution in [0.15, 0.2) is 28.8 Å². The van der Waals surface area contributed by atoms with E-state index in [1.54, 1.807) is 12.1 Å². The maximum Gasteiger partial charge on any atom is 0.321 e. The molecule has 3 N–H and O–H groups in total. The molecule has 0 bridgehead atoms. The second-order valence-electron chi connectivity index (χ2n) is 5.42. The Morgan fingerprint density at radius 1 is 1.36 bits per heavy atom. The molecule has 1 unspecified atom stereocenters. The van der Waals surface area contributed by atoms with Crippen LogP contribution in [0.3, 0.4) is 0 Å². The molecule has 1 heterocycles. The number of hydrogen-bond acceptors (Lipinski definition) is 5. The molecule has 1 atom stereocenters. The number of rotatable bonds is 7. The van der Waals surface area contributed by atoms with Crippen molar-refractivity contribution in [3.63, 3.8) is 0 Å². The van der Waals surface area contributed by atoms with Crippen LogP contribution in [0.2, 0.25) is 0 Å². The predicted octanol–water partition coefficient (Wildman–Crippen LogP) is 2.09. The third-order valence-corrected chi connectivity index (χ3v) is 3.26. The lowest BCUT2D eigenvalue weighted by Crippen LogP contribution is -2.31. The Kier molecular flexibility index (Phi) is 5.08. The monoisotopic (exact) mass is 306 g/mol. The number of anilines is 1. The molecule has 0 spiro atoms. The Labute approximate surface area is 127 Å². The minimum Gasteiger partial charge on any atom is -0.369 e. The highest BCUT2D eigenvalue weighted by atomic mass is 19.1. The zero-order chi connectivity index (χ0) is 16.1. The van der Waals surface area contributed by atoms with Crippen molar-refractivity contribution in [3.05, 3.63) is 41.5 Å². The third kappa shape index (κ3) is 4.28. The summed E-state index contributed by atoms with van der Waals surface area (Å²) in [6.45, 7) is 4.18. The number of amides is 1. The van der Waals surface area contributed by atoms with Gasteiger partial charge in [0.05, 0.1) is 5.92 Å². The standard InChI is InChI=1S/C15H19FN4O2/c1-9(2)14-19-15(22-20-14)18-8-11(13(17)21)7-10-3-5-12(16)6-4-10/h3-6,9,11H,7-8H2,1-2H3,(H2,17,21)(H,18,19,20). The van der Waals surface area contributed by atoms with Gasteiger partial charge < -0.3 is 15.6 Å². The van der Waals surface area contributed by atoms with E-state index in [1.807, 2.05) is 13.8 Å². The molecule has 0 fully saturated rings. The van der Waals surface area contributed by atoms with Crippen LogP contribution >= 0.6 is 0 Å². The lowest BCUT2D eigenvalue weighted by atomic mass is 9.98. The molecule has 0 saturated carbocycles. The first kappa shape index (κ1) is 15.9. The highest BCUT2D eigenvalue weighted by Crippen LogP contribution is 2.14. The summed E-state index contributed by atoms with van der Waals surface area (Å²) in [7, 11) is 0. The van der Waals surface area contributed by atoms with Crippen molar-refractivity contribution in [2.75, 3.05) is 11.9 Å². The molecular formula is C15H19FN4O2. The van der Waals surface area contributed by atoms with Crippen LogP contribution in [0.25, 0.3) is 0 Å². The molecule has 1 aromatic heterocycles. The van der Waals surface area contributed by atoms with E-state index in [0.29, 0.717) is 12.2 Å². The summed E-state index contributed by atoms with van der Waals surface area (Å²) < 4.78 is 17.9. The molecule has 22 heavy (non-hydrogen) atoms. The van der Waals surface area contributed by atoms with E-state index < -0.39 is 11.8 Å². The Hall–Kier alpha value is -2.44. The zero-order valence-electron chi connectivity index (χ0n) is 12.5. The molecule has 0 radical (unpaired) electrons. The van der Waals surface area contributed by atoms with Gasteiger partial charge in [-0.1, -0.05) is 31.1 Å². The lowest BCUT2D eigenvalue weighted by molar-refractivity contribution is -0.121. The van der Waals surface area contributed by atoms with Crippen LogP contribution < -0.4 is 11.1 Å². The molecule has 118 valence electrons. The number of carbonyl (C=O) groups is 1. The Bertz CT molecular complexity index is 625. The van der Waals surface area contributed by atoms with Gasteiger partial charge in [0, 0.05) is 12.5 Å². The molecule has 6 nitrogen and oxygen atoms in total. The molecule has 2 aromatic rings. The fourth-order valence-corrected chi connectivity index (χ4v) is 1.93. The van der Waals surface area contributed by atoms with Crippen LogP contribution in [0.4, 0.5) is 10.4 Å². The number of nitrogens with one attached hydrogen (secondary N) is 1. The van der Waals surface area contributed by atoms with Gasteiger partial charge in [-0.15, -0.1) is 0 Å². The van der Waals surface area contributed by atoms with Gasteiger partial charge in [-0.25, -0.2) is 4.39 Å². The number of hydrogen-bond donors (Lipinski definition) is 2. The van der Waals surface area contributed by atoms with Gasteiger partial charge in [0.2, 0.25) is 5.91 Å². The summed E-state index contributed by atoms with van der Waals surface area (Å²) in [5.41, 5.74) is 6.25. The van der Waals surface area contributed by atoms with E-state index >= 15 is 0 Å². The first-order valence-corrected chi connectivity index (χ1v) is 7.07. The van der Waals surface area contributed by atoms with Crippen molar-refractivity contribution in [2.24, 2.45) is 11.7 Å². The van der Waals surface area contributed by atoms with Crippen LogP contribution in [0.1, 0.15) is 31.2 Å². The van der Waals surface area contributed by atoms with Gasteiger partial charge in [-0.3, -0.25) is 4.79 Å². The fraction of sp³-hybridized carbons (Fsp3) is 0.400. The summed E-state index contributed by atoms with van der Waals surface area (Å²) in [5, 5.41) is 6.74. The number of primary amides is 1. The van der Waals surface area contributed by atoms with Gasteiger partial charge in [0.25, 0.3) is 0 Å². The second kappa shape index (κ2) is 7.02. The number of nitrogens with two attached hydrogens (primary N) is 1. The fourth-order valence-electron chi connectivity index (χ4n) is 1.93. The van der Waals surface area contributed by atoms with Crippen molar-refractivity contribution >= 4 is 11.9 Å². The number of halogens is 1. The van der Waals surface area contributed by atoms with Crippen LogP contribution in [0, 0.1) is 11.7 Å². The van der Waals surface area contributed by atoms with E-state index in [9.17, 15) is 9.18 Å². The summed E-state index contributed by atoms with van der Waals surface area (Å²) in [5.74, 6) is -0.466. The van der Waals surface area contributed by atoms with Crippen LogP contribution in [-0.2, 0) is 11.2 Å². The molecule has 1 aromatic carbocycles. The second-order valence-corrected chi connectivity index (χ2v) is 5.42. The summed E-state index contributed by atoms with van der Waals surface area (Å²) in [6, 6.07) is 6.24. The number of carbonyl (C=O) groups excluding carboxylic acids is 1. The van der Waals surface area contributed by atoms with Gasteiger partial charge in [-0.2, -0.15) is 4.98 Å². The van der Waals surface area contributed by atoms with Crippen molar-refractivity contribution in [3.8, 4) is 0 Å². The minimum absolute atomic E-state index is 0.158. The highest BCUT2D eigenvalue weighted by Gasteiger charge is 2.18. The highest BCUT2D eigenvalue weighted by molar-refractivity contribution is 5.77. The molecule has 2 rings (SSSR count). The average Bonchev–Trinajstić information content (AvgIpc) is 2.94. The predicted molar refractivity (Wildman–Crippen MR) is 79.7 cm³/mol. The summed E-state index contributed by atoms with van der Waals surface area (Å²) >= 11 is 0. The number of nitrogens with zero attached hydrogens (tertiary/aromatic N) is 2. The van der Waals surface area contributed by atoms with Gasteiger partial charge in [0.1, 0.15) is 5.82 Å². The SMILES string of the molecule is CC(C)c1noc(NCC(Cc2ccc(F)cc2)C(N)=O)n1. The molecular weight excluding hydrogens is 287 g/mol. The van der Waals surface area contributed by atoms with Crippen molar-refractivity contribution in [1.29, 1.82) is 0 Å². The first-order chi connectivity index (χ1) is 10.5. The van der Waals surface area contributed by atoms with Crippen molar-refractivity contribution in [1.82, 2.24) is 10.1 Å². The maximum atomic E-state index is 12.9. The third-order valence-electron chi connectivity index (χ3n) is 3.26. The molecule has 1 amide bonds. The normalized spacial score (nSPS) is 12.4. The van der Waals surface area contributed by atoms with E-state index in [0.717, 1.165) is 5.56 Å². The van der Waals surface area contributed by atoms with E-state index in [1.165, 1.54) is 12.1 Å². The van der Waals surface area contributed by atoms with Crippen LogP contribution in [0.5, 0.6) is 0 Å². The van der Waals surface area contributed by atoms with E-state index in [4.69, 9.17) is 10.3 Å². The smallest absolute Gasteiger partial charge is 0.321 e. The molecule has 0 aliphatic rings. The molecule has 0 aliphatic heterocycles. The van der Waals surface area contributed by atoms with E-state index in [-0.39, 0.29) is 24.3 Å². The summed E-state index contributed by atoms with van der Waals surface area (Å²) in [6.07, 6.45) is 0.411. The number of aromatic nitrogens is 2. The van der Waals surface area contributed by atoms with Crippen LogP contribution in [-0.4, -0.2) is 22.6 Å². The van der Waals surface area contributed by atoms with Crippen molar-refractivity contribution in [2.45, 2.75) is 26.2 Å². The maximum absolute atomic E-state index is 12.9. The lowest BCUT2D eigenvalue weighted by Gasteiger charge is -2.13. The average molecular weight is 306 g/mol. The topological polar surface area (TPSA) is 94.0 Å². The van der Waals surface area contributed by atoms with Gasteiger partial charge in [-0.05, 0) is 24.1 Å². The Morgan fingerprint density at radius 3 is 2.59 bits per heavy atom. The molecule has 0 aliphatic carbocycles. The first-order valence-electron chi connectivity index (χ1n) is 7.07. The molecule has 7 heteroatoms.